The van der Waals surface area contributed by atoms with Crippen molar-refractivity contribution < 1.29 is 19.1 Å². The molecule has 7 heteroatoms. The van der Waals surface area contributed by atoms with Gasteiger partial charge in [-0.15, -0.1) is 0 Å². The van der Waals surface area contributed by atoms with E-state index in [-0.39, 0.29) is 11.8 Å². The average molecular weight is 391 g/mol. The van der Waals surface area contributed by atoms with Gasteiger partial charge in [0, 0.05) is 12.6 Å². The van der Waals surface area contributed by atoms with E-state index in [0.717, 1.165) is 11.1 Å². The quantitative estimate of drug-likeness (QED) is 0.591. The lowest BCUT2D eigenvalue weighted by Crippen LogP contribution is -2.56. The summed E-state index contributed by atoms with van der Waals surface area (Å²) in [5, 5.41) is 3.40. The molecule has 2 fully saturated rings. The Hall–Kier alpha value is -1.86. The van der Waals surface area contributed by atoms with Crippen LogP contribution in [-0.4, -0.2) is 53.9 Å². The number of benzene rings is 1. The summed E-state index contributed by atoms with van der Waals surface area (Å²) >= 11 is 1.60. The van der Waals surface area contributed by atoms with Crippen molar-refractivity contribution in [2.24, 2.45) is 11.8 Å². The molecule has 1 aromatic carbocycles. The number of amides is 2. The Morgan fingerprint density at radius 3 is 2.59 bits per heavy atom. The van der Waals surface area contributed by atoms with Gasteiger partial charge in [0.05, 0.1) is 18.9 Å². The Labute approximate surface area is 164 Å². The van der Waals surface area contributed by atoms with E-state index in [2.05, 4.69) is 5.32 Å². The highest BCUT2D eigenvalue weighted by atomic mass is 32.2. The van der Waals surface area contributed by atoms with Crippen LogP contribution in [0.1, 0.15) is 30.5 Å². The molecular formula is C20H26N2O4S. The zero-order chi connectivity index (χ0) is 19.8. The van der Waals surface area contributed by atoms with Crippen LogP contribution in [0.15, 0.2) is 24.3 Å². The Bertz CT molecular complexity index is 768. The van der Waals surface area contributed by atoms with Gasteiger partial charge >= 0.3 is 5.97 Å². The van der Waals surface area contributed by atoms with E-state index in [0.29, 0.717) is 18.7 Å². The number of methoxy groups -OCH3 is 1. The zero-order valence-corrected chi connectivity index (χ0v) is 17.0. The van der Waals surface area contributed by atoms with Crippen LogP contribution in [0.4, 0.5) is 0 Å². The van der Waals surface area contributed by atoms with Crippen LogP contribution >= 0.6 is 11.8 Å². The van der Waals surface area contributed by atoms with Crippen LogP contribution in [0.5, 0.6) is 0 Å². The highest BCUT2D eigenvalue weighted by molar-refractivity contribution is 7.98. The SMILES string of the molecule is CCN1C(=O)[C@H]2[C@@H](C1=O)[C@@](CCSC)(C(=O)OC)N[C@H]2c1ccccc1C. The second kappa shape index (κ2) is 7.64. The molecule has 0 aliphatic carbocycles. The third-order valence-corrected chi connectivity index (χ3v) is 6.45. The van der Waals surface area contributed by atoms with Crippen molar-refractivity contribution in [1.82, 2.24) is 10.2 Å². The maximum absolute atomic E-state index is 13.1. The molecule has 0 bridgehead atoms. The summed E-state index contributed by atoms with van der Waals surface area (Å²) in [7, 11) is 1.33. The Morgan fingerprint density at radius 2 is 2.00 bits per heavy atom. The van der Waals surface area contributed by atoms with E-state index >= 15 is 0 Å². The molecule has 146 valence electrons. The van der Waals surface area contributed by atoms with Crippen molar-refractivity contribution in [2.75, 3.05) is 25.7 Å². The fourth-order valence-corrected chi connectivity index (χ4v) is 5.07. The number of aryl methyl sites for hydroxylation is 1. The molecule has 2 heterocycles. The molecule has 0 saturated carbocycles. The van der Waals surface area contributed by atoms with Gasteiger partial charge in [-0.1, -0.05) is 24.3 Å². The first-order valence-corrected chi connectivity index (χ1v) is 10.6. The monoisotopic (exact) mass is 390 g/mol. The number of nitrogens with one attached hydrogen (secondary N) is 1. The summed E-state index contributed by atoms with van der Waals surface area (Å²) in [5.74, 6) is -1.61. The van der Waals surface area contributed by atoms with Gasteiger partial charge < -0.3 is 4.74 Å². The van der Waals surface area contributed by atoms with Crippen molar-refractivity contribution in [3.05, 3.63) is 35.4 Å². The number of fused-ring (bicyclic) bond motifs is 1. The number of likely N-dealkylation sites (tertiary alicyclic amines) is 1. The maximum Gasteiger partial charge on any atom is 0.326 e. The van der Waals surface area contributed by atoms with Crippen molar-refractivity contribution >= 4 is 29.5 Å². The molecule has 2 saturated heterocycles. The molecule has 6 nitrogen and oxygen atoms in total. The molecule has 1 N–H and O–H groups in total. The molecule has 2 aliphatic rings. The minimum atomic E-state index is -1.19. The first-order chi connectivity index (χ1) is 12.9. The molecule has 0 aromatic heterocycles. The number of imide groups is 1. The van der Waals surface area contributed by atoms with Crippen LogP contribution in [0.25, 0.3) is 0 Å². The second-order valence-electron chi connectivity index (χ2n) is 7.11. The third-order valence-electron chi connectivity index (χ3n) is 5.84. The second-order valence-corrected chi connectivity index (χ2v) is 8.09. The van der Waals surface area contributed by atoms with Crippen molar-refractivity contribution in [3.8, 4) is 0 Å². The highest BCUT2D eigenvalue weighted by Gasteiger charge is 2.68. The highest BCUT2D eigenvalue weighted by Crippen LogP contribution is 2.51. The van der Waals surface area contributed by atoms with Gasteiger partial charge in [-0.3, -0.25) is 24.6 Å². The minimum Gasteiger partial charge on any atom is -0.468 e. The number of nitrogens with zero attached hydrogens (tertiary/aromatic N) is 1. The van der Waals surface area contributed by atoms with E-state index in [1.54, 1.807) is 18.7 Å². The number of hydrogen-bond donors (Lipinski definition) is 1. The fraction of sp³-hybridized carbons (Fsp3) is 0.550. The number of carbonyl (C=O) groups excluding carboxylic acids is 3. The molecule has 2 amide bonds. The van der Waals surface area contributed by atoms with Gasteiger partial charge in [0.25, 0.3) is 0 Å². The summed E-state index contributed by atoms with van der Waals surface area (Å²) in [6.45, 7) is 4.07. The number of hydrogen-bond acceptors (Lipinski definition) is 6. The first kappa shape index (κ1) is 19.9. The molecule has 4 atom stereocenters. The smallest absolute Gasteiger partial charge is 0.326 e. The van der Waals surface area contributed by atoms with Crippen LogP contribution in [0.3, 0.4) is 0 Å². The summed E-state index contributed by atoms with van der Waals surface area (Å²) in [4.78, 5) is 40.5. The van der Waals surface area contributed by atoms with E-state index < -0.39 is 29.4 Å². The van der Waals surface area contributed by atoms with Crippen LogP contribution in [-0.2, 0) is 19.1 Å². The van der Waals surface area contributed by atoms with Gasteiger partial charge in [0.1, 0.15) is 5.54 Å². The summed E-state index contributed by atoms with van der Waals surface area (Å²) in [5.41, 5.74) is 0.780. The van der Waals surface area contributed by atoms with Gasteiger partial charge in [-0.25, -0.2) is 0 Å². The molecule has 0 unspecified atom stereocenters. The van der Waals surface area contributed by atoms with Crippen LogP contribution < -0.4 is 5.32 Å². The normalized spacial score (nSPS) is 29.9. The molecule has 27 heavy (non-hydrogen) atoms. The zero-order valence-electron chi connectivity index (χ0n) is 16.2. The number of thioether (sulfide) groups is 1. The van der Waals surface area contributed by atoms with Gasteiger partial charge in [0.2, 0.25) is 11.8 Å². The first-order valence-electron chi connectivity index (χ1n) is 9.18. The molecule has 2 aliphatic heterocycles. The third kappa shape index (κ3) is 2.97. The largest absolute Gasteiger partial charge is 0.468 e. The fourth-order valence-electron chi connectivity index (χ4n) is 4.54. The number of ether oxygens (including phenoxy) is 1. The van der Waals surface area contributed by atoms with E-state index in [1.165, 1.54) is 12.0 Å². The van der Waals surface area contributed by atoms with E-state index in [1.807, 2.05) is 37.4 Å². The Balaban J connectivity index is 2.16. The summed E-state index contributed by atoms with van der Waals surface area (Å²) in [6.07, 6.45) is 2.39. The molecule has 0 radical (unpaired) electrons. The maximum atomic E-state index is 13.1. The summed E-state index contributed by atoms with van der Waals surface area (Å²) < 4.78 is 5.12. The molecule has 3 rings (SSSR count). The van der Waals surface area contributed by atoms with Gasteiger partial charge in [-0.05, 0) is 43.4 Å². The lowest BCUT2D eigenvalue weighted by molar-refractivity contribution is -0.154. The van der Waals surface area contributed by atoms with Gasteiger partial charge in [-0.2, -0.15) is 11.8 Å². The minimum absolute atomic E-state index is 0.205. The lowest BCUT2D eigenvalue weighted by atomic mass is 9.77. The topological polar surface area (TPSA) is 75.7 Å². The van der Waals surface area contributed by atoms with Crippen molar-refractivity contribution in [2.45, 2.75) is 31.8 Å². The number of esters is 1. The van der Waals surface area contributed by atoms with E-state index in [9.17, 15) is 14.4 Å². The van der Waals surface area contributed by atoms with Crippen molar-refractivity contribution in [1.29, 1.82) is 0 Å². The standard InChI is InChI=1S/C20H26N2O4S/c1-5-22-17(23)14-15(18(22)24)20(10-11-27-4,19(25)26-3)21-16(14)13-9-7-6-8-12(13)2/h6-9,14-16,21H,5,10-11H2,1-4H3/t14-,15-,16-,20-/m0/s1. The van der Waals surface area contributed by atoms with Gasteiger partial charge in [0.15, 0.2) is 0 Å². The molecule has 0 spiro atoms. The Kier molecular flexibility index (Phi) is 5.63. The number of carbonyl (C=O) groups is 3. The molecule has 1 aromatic rings. The predicted molar refractivity (Wildman–Crippen MR) is 104 cm³/mol. The average Bonchev–Trinajstić information content (AvgIpc) is 3.14. The van der Waals surface area contributed by atoms with Crippen molar-refractivity contribution in [3.63, 3.8) is 0 Å². The Morgan fingerprint density at radius 1 is 1.30 bits per heavy atom. The van der Waals surface area contributed by atoms with E-state index in [4.69, 9.17) is 4.74 Å². The lowest BCUT2D eigenvalue weighted by Gasteiger charge is -2.32. The number of rotatable bonds is 6. The molecular weight excluding hydrogens is 364 g/mol. The summed E-state index contributed by atoms with van der Waals surface area (Å²) in [6, 6.07) is 7.39. The van der Waals surface area contributed by atoms with Crippen LogP contribution in [0.2, 0.25) is 0 Å². The van der Waals surface area contributed by atoms with Crippen LogP contribution in [0, 0.1) is 18.8 Å². The predicted octanol–water partition coefficient (Wildman–Crippen LogP) is 1.93.